The van der Waals surface area contributed by atoms with Crippen LogP contribution in [0.1, 0.15) is 27.2 Å². The first-order chi connectivity index (χ1) is 9.52. The highest BCUT2D eigenvalue weighted by Gasteiger charge is 2.22. The predicted molar refractivity (Wildman–Crippen MR) is 75.3 cm³/mol. The number of hydrogen-bond acceptors (Lipinski definition) is 6. The SMILES string of the molecule is COC(=O)c1nn(C(C)=O)c2ccc3nc(C)sc3c12. The Morgan fingerprint density at radius 3 is 2.75 bits per heavy atom. The van der Waals surface area contributed by atoms with E-state index >= 15 is 0 Å². The van der Waals surface area contributed by atoms with Gasteiger partial charge in [-0.1, -0.05) is 0 Å². The molecule has 1 aromatic carbocycles. The molecule has 0 saturated heterocycles. The number of thiazole rings is 1. The van der Waals surface area contributed by atoms with Gasteiger partial charge in [-0.25, -0.2) is 9.78 Å². The molecule has 3 rings (SSSR count). The minimum Gasteiger partial charge on any atom is -0.464 e. The first kappa shape index (κ1) is 12.7. The molecule has 20 heavy (non-hydrogen) atoms. The Balaban J connectivity index is 2.50. The zero-order valence-corrected chi connectivity index (χ0v) is 11.9. The largest absolute Gasteiger partial charge is 0.464 e. The highest BCUT2D eigenvalue weighted by molar-refractivity contribution is 7.19. The minimum atomic E-state index is -0.562. The second-order valence-electron chi connectivity index (χ2n) is 4.31. The molecule has 0 bridgehead atoms. The third-order valence-corrected chi connectivity index (χ3v) is 3.99. The molecule has 0 N–H and O–H groups in total. The van der Waals surface area contributed by atoms with E-state index in [1.165, 1.54) is 30.1 Å². The Hall–Kier alpha value is -2.28. The first-order valence-electron chi connectivity index (χ1n) is 5.91. The second kappa shape index (κ2) is 4.38. The lowest BCUT2D eigenvalue weighted by atomic mass is 10.2. The molecule has 0 aliphatic rings. The molecule has 3 aromatic rings. The lowest BCUT2D eigenvalue weighted by molar-refractivity contribution is 0.0595. The molecule has 0 saturated carbocycles. The van der Waals surface area contributed by atoms with Crippen LogP contribution in [-0.4, -0.2) is 33.8 Å². The fourth-order valence-corrected chi connectivity index (χ4v) is 3.14. The summed E-state index contributed by atoms with van der Waals surface area (Å²) >= 11 is 1.47. The minimum absolute atomic E-state index is 0.145. The maximum Gasteiger partial charge on any atom is 0.359 e. The van der Waals surface area contributed by atoms with Crippen molar-refractivity contribution in [1.82, 2.24) is 14.8 Å². The monoisotopic (exact) mass is 289 g/mol. The summed E-state index contributed by atoms with van der Waals surface area (Å²) in [6, 6.07) is 3.57. The Bertz CT molecular complexity index is 863. The molecule has 0 unspecified atom stereocenters. The molecule has 2 heterocycles. The maximum absolute atomic E-state index is 11.9. The van der Waals surface area contributed by atoms with E-state index < -0.39 is 5.97 Å². The number of fused-ring (bicyclic) bond motifs is 3. The van der Waals surface area contributed by atoms with Gasteiger partial charge in [-0.2, -0.15) is 9.78 Å². The van der Waals surface area contributed by atoms with Crippen molar-refractivity contribution in [1.29, 1.82) is 0 Å². The van der Waals surface area contributed by atoms with Crippen LogP contribution in [0.2, 0.25) is 0 Å². The summed E-state index contributed by atoms with van der Waals surface area (Å²) < 4.78 is 6.81. The molecule has 7 heteroatoms. The average Bonchev–Trinajstić information content (AvgIpc) is 2.96. The average molecular weight is 289 g/mol. The summed E-state index contributed by atoms with van der Waals surface area (Å²) in [6.45, 7) is 3.29. The topological polar surface area (TPSA) is 74.1 Å². The Kier molecular flexibility index (Phi) is 2.79. The van der Waals surface area contributed by atoms with Gasteiger partial charge in [0.2, 0.25) is 5.91 Å². The lowest BCUT2D eigenvalue weighted by Crippen LogP contribution is -2.09. The predicted octanol–water partition coefficient (Wildman–Crippen LogP) is 2.40. The van der Waals surface area contributed by atoms with Crippen molar-refractivity contribution < 1.29 is 14.3 Å². The highest BCUT2D eigenvalue weighted by Crippen LogP contribution is 2.32. The van der Waals surface area contributed by atoms with E-state index in [0.717, 1.165) is 15.2 Å². The van der Waals surface area contributed by atoms with Gasteiger partial charge in [0, 0.05) is 6.92 Å². The van der Waals surface area contributed by atoms with Crippen LogP contribution in [0.5, 0.6) is 0 Å². The maximum atomic E-state index is 11.9. The molecule has 0 fully saturated rings. The van der Waals surface area contributed by atoms with Crippen molar-refractivity contribution in [3.8, 4) is 0 Å². The Morgan fingerprint density at radius 1 is 1.35 bits per heavy atom. The highest BCUT2D eigenvalue weighted by atomic mass is 32.1. The number of benzene rings is 1. The first-order valence-corrected chi connectivity index (χ1v) is 6.72. The van der Waals surface area contributed by atoms with Crippen LogP contribution in [0, 0.1) is 6.92 Å². The van der Waals surface area contributed by atoms with Crippen molar-refractivity contribution >= 4 is 44.3 Å². The van der Waals surface area contributed by atoms with Crippen LogP contribution in [-0.2, 0) is 4.74 Å². The van der Waals surface area contributed by atoms with E-state index in [1.807, 2.05) is 13.0 Å². The van der Waals surface area contributed by atoms with Gasteiger partial charge >= 0.3 is 5.97 Å². The Morgan fingerprint density at radius 2 is 2.10 bits per heavy atom. The molecule has 0 atom stereocenters. The molecular weight excluding hydrogens is 278 g/mol. The van der Waals surface area contributed by atoms with Gasteiger partial charge in [-0.05, 0) is 19.1 Å². The fraction of sp³-hybridized carbons (Fsp3) is 0.231. The molecule has 0 radical (unpaired) electrons. The van der Waals surface area contributed by atoms with Crippen LogP contribution in [0.3, 0.4) is 0 Å². The Labute approximate surface area is 118 Å². The lowest BCUT2D eigenvalue weighted by Gasteiger charge is -1.96. The van der Waals surface area contributed by atoms with Crippen molar-refractivity contribution in [3.05, 3.63) is 22.8 Å². The molecule has 102 valence electrons. The number of rotatable bonds is 1. The van der Waals surface area contributed by atoms with E-state index in [-0.39, 0.29) is 11.6 Å². The van der Waals surface area contributed by atoms with Crippen molar-refractivity contribution in [2.45, 2.75) is 13.8 Å². The third kappa shape index (κ3) is 1.70. The number of carbonyl (C=O) groups is 2. The van der Waals surface area contributed by atoms with Crippen molar-refractivity contribution in [2.24, 2.45) is 0 Å². The van der Waals surface area contributed by atoms with Crippen LogP contribution in [0.25, 0.3) is 21.1 Å². The van der Waals surface area contributed by atoms with Crippen molar-refractivity contribution in [2.75, 3.05) is 7.11 Å². The van der Waals surface area contributed by atoms with E-state index in [9.17, 15) is 9.59 Å². The normalized spacial score (nSPS) is 11.2. The molecular formula is C13H11N3O3S. The van der Waals surface area contributed by atoms with Crippen LogP contribution in [0.4, 0.5) is 0 Å². The van der Waals surface area contributed by atoms with Gasteiger partial charge in [-0.15, -0.1) is 11.3 Å². The molecule has 0 aliphatic heterocycles. The molecule has 0 aliphatic carbocycles. The number of esters is 1. The van der Waals surface area contributed by atoms with Gasteiger partial charge in [0.1, 0.15) is 0 Å². The molecule has 0 spiro atoms. The summed E-state index contributed by atoms with van der Waals surface area (Å²) in [7, 11) is 1.29. The summed E-state index contributed by atoms with van der Waals surface area (Å²) in [6.07, 6.45) is 0. The van der Waals surface area contributed by atoms with E-state index in [0.29, 0.717) is 10.9 Å². The van der Waals surface area contributed by atoms with Crippen LogP contribution >= 0.6 is 11.3 Å². The fourth-order valence-electron chi connectivity index (χ4n) is 2.18. The van der Waals surface area contributed by atoms with Gasteiger partial charge in [0.15, 0.2) is 5.69 Å². The van der Waals surface area contributed by atoms with E-state index in [4.69, 9.17) is 4.74 Å². The zero-order valence-electron chi connectivity index (χ0n) is 11.1. The van der Waals surface area contributed by atoms with Gasteiger partial charge in [-0.3, -0.25) is 4.79 Å². The van der Waals surface area contributed by atoms with E-state index in [1.54, 1.807) is 6.07 Å². The standard InChI is InChI=1S/C13H11N3O3S/c1-6-14-8-4-5-9-10(12(8)20-6)11(13(18)19-3)15-16(9)7(2)17/h4-5H,1-3H3. The van der Waals surface area contributed by atoms with Crippen LogP contribution < -0.4 is 0 Å². The van der Waals surface area contributed by atoms with Crippen LogP contribution in [0.15, 0.2) is 12.1 Å². The third-order valence-electron chi connectivity index (χ3n) is 2.98. The van der Waals surface area contributed by atoms with E-state index in [2.05, 4.69) is 10.1 Å². The molecule has 6 nitrogen and oxygen atoms in total. The summed E-state index contributed by atoms with van der Waals surface area (Å²) in [5.74, 6) is -0.820. The number of hydrogen-bond donors (Lipinski definition) is 0. The van der Waals surface area contributed by atoms with Crippen molar-refractivity contribution in [3.63, 3.8) is 0 Å². The molecule has 0 amide bonds. The van der Waals surface area contributed by atoms with Gasteiger partial charge in [0.25, 0.3) is 0 Å². The number of carbonyl (C=O) groups excluding carboxylic acids is 2. The summed E-state index contributed by atoms with van der Waals surface area (Å²) in [5.41, 5.74) is 1.52. The summed E-state index contributed by atoms with van der Waals surface area (Å²) in [4.78, 5) is 27.9. The second-order valence-corrected chi connectivity index (χ2v) is 5.52. The number of aromatic nitrogens is 3. The molecule has 2 aromatic heterocycles. The summed E-state index contributed by atoms with van der Waals surface area (Å²) in [5, 5.41) is 5.60. The quantitative estimate of drug-likeness (QED) is 0.643. The number of aryl methyl sites for hydroxylation is 1. The number of ether oxygens (including phenoxy) is 1. The van der Waals surface area contributed by atoms with Gasteiger partial charge < -0.3 is 4.74 Å². The van der Waals surface area contributed by atoms with Gasteiger partial charge in [0.05, 0.1) is 33.2 Å². The number of nitrogens with zero attached hydrogens (tertiary/aromatic N) is 3. The smallest absolute Gasteiger partial charge is 0.359 e. The number of methoxy groups -OCH3 is 1. The zero-order chi connectivity index (χ0) is 14.4.